The molecule has 0 aliphatic carbocycles. The lowest BCUT2D eigenvalue weighted by Crippen LogP contribution is -2.30. The monoisotopic (exact) mass is 978 g/mol. The largest absolute Gasteiger partial charge is 0.310 e. The van der Waals surface area contributed by atoms with Gasteiger partial charge in [-0.25, -0.2) is 19.9 Å². The molecular formula is C68H50N8. The summed E-state index contributed by atoms with van der Waals surface area (Å²) in [7, 11) is 0. The maximum absolute atomic E-state index is 5.53. The standard InChI is InChI=1S/C68H50N8/c1-67(2)52-25-11-15-31-58(52)73(59-32-16-12-26-53(59)67)46-41-50-47(51(42-46)64-72-57-30-20-38-70-66(57)75(64)45-23-9-6-10-24-45)35-36-48-49(50)39-43(63-71-56-29-19-37-69-65(56)74(63)44-21-7-5-8-22-44)40-62(48)76-60-33-17-13-27-54(60)68(3,4)55-28-14-18-34-61(55)76/h5-42H,1-4H3. The molecule has 0 fully saturated rings. The predicted octanol–water partition coefficient (Wildman–Crippen LogP) is 17.0. The van der Waals surface area contributed by atoms with E-state index in [-0.39, 0.29) is 10.8 Å². The first-order chi connectivity index (χ1) is 37.2. The Morgan fingerprint density at radius 2 is 0.763 bits per heavy atom. The van der Waals surface area contributed by atoms with Gasteiger partial charge in [0.15, 0.2) is 11.3 Å². The molecule has 0 spiro atoms. The van der Waals surface area contributed by atoms with E-state index in [4.69, 9.17) is 19.9 Å². The Balaban J connectivity index is 1.12. The van der Waals surface area contributed by atoms with Crippen molar-refractivity contribution in [1.82, 2.24) is 29.1 Å². The molecular weight excluding hydrogens is 929 g/mol. The van der Waals surface area contributed by atoms with Crippen molar-refractivity contribution >= 4 is 78.0 Å². The number of benzene rings is 9. The molecule has 0 N–H and O–H groups in total. The average Bonchev–Trinajstić information content (AvgIpc) is 4.17. The van der Waals surface area contributed by atoms with Crippen molar-refractivity contribution in [2.75, 3.05) is 9.80 Å². The van der Waals surface area contributed by atoms with Crippen molar-refractivity contribution in [1.29, 1.82) is 0 Å². The molecule has 13 aromatic rings. The molecule has 2 aliphatic rings. The van der Waals surface area contributed by atoms with Crippen molar-refractivity contribution in [3.63, 3.8) is 0 Å². The summed E-state index contributed by atoms with van der Waals surface area (Å²) in [5.74, 6) is 1.60. The van der Waals surface area contributed by atoms with Crippen LogP contribution in [0.1, 0.15) is 49.9 Å². The van der Waals surface area contributed by atoms with Crippen LogP contribution in [0.4, 0.5) is 34.1 Å². The number of fused-ring (bicyclic) bond motifs is 9. The van der Waals surface area contributed by atoms with Crippen LogP contribution in [0.5, 0.6) is 0 Å². The third-order valence-corrected chi connectivity index (χ3v) is 16.2. The summed E-state index contributed by atoms with van der Waals surface area (Å²) in [4.78, 5) is 26.0. The highest BCUT2D eigenvalue weighted by Gasteiger charge is 2.39. The molecule has 0 saturated heterocycles. The van der Waals surface area contributed by atoms with Crippen molar-refractivity contribution in [2.24, 2.45) is 0 Å². The van der Waals surface area contributed by atoms with Gasteiger partial charge < -0.3 is 9.80 Å². The molecule has 8 nitrogen and oxygen atoms in total. The van der Waals surface area contributed by atoms with Crippen molar-refractivity contribution < 1.29 is 0 Å². The number of anilines is 6. The molecule has 0 unspecified atom stereocenters. The Hall–Kier alpha value is -9.66. The number of rotatable bonds is 6. The number of hydrogen-bond donors (Lipinski definition) is 0. The molecule has 9 aromatic carbocycles. The fourth-order valence-corrected chi connectivity index (χ4v) is 12.6. The second kappa shape index (κ2) is 16.4. The molecule has 76 heavy (non-hydrogen) atoms. The maximum Gasteiger partial charge on any atom is 0.164 e. The summed E-state index contributed by atoms with van der Waals surface area (Å²) >= 11 is 0. The van der Waals surface area contributed by atoms with Crippen LogP contribution in [-0.4, -0.2) is 29.1 Å². The van der Waals surface area contributed by atoms with Crippen LogP contribution < -0.4 is 9.80 Å². The van der Waals surface area contributed by atoms with Crippen LogP contribution in [0, 0.1) is 0 Å². The summed E-state index contributed by atoms with van der Waals surface area (Å²) in [5, 5.41) is 4.31. The molecule has 362 valence electrons. The van der Waals surface area contributed by atoms with Crippen LogP contribution in [0.15, 0.2) is 231 Å². The topological polar surface area (TPSA) is 67.9 Å². The van der Waals surface area contributed by atoms with Gasteiger partial charge in [-0.2, -0.15) is 0 Å². The molecule has 0 saturated carbocycles. The quantitative estimate of drug-likeness (QED) is 0.155. The Morgan fingerprint density at radius 1 is 0.329 bits per heavy atom. The Labute approximate surface area is 440 Å². The highest BCUT2D eigenvalue weighted by Crippen LogP contribution is 2.56. The normalized spacial score (nSPS) is 14.2. The number of aromatic nitrogens is 6. The maximum atomic E-state index is 5.53. The minimum absolute atomic E-state index is 0.249. The van der Waals surface area contributed by atoms with Crippen molar-refractivity contribution in [3.05, 3.63) is 253 Å². The second-order valence-electron chi connectivity index (χ2n) is 21.1. The van der Waals surface area contributed by atoms with Gasteiger partial charge in [-0.05, 0) is 135 Å². The van der Waals surface area contributed by atoms with Crippen LogP contribution in [0.3, 0.4) is 0 Å². The minimum Gasteiger partial charge on any atom is -0.310 e. The smallest absolute Gasteiger partial charge is 0.164 e. The molecule has 15 rings (SSSR count). The molecule has 0 bridgehead atoms. The van der Waals surface area contributed by atoms with Gasteiger partial charge in [0.25, 0.3) is 0 Å². The molecule has 2 aliphatic heterocycles. The molecule has 4 aromatic heterocycles. The molecule has 0 atom stereocenters. The predicted molar refractivity (Wildman–Crippen MR) is 311 cm³/mol. The van der Waals surface area contributed by atoms with E-state index in [1.54, 1.807) is 0 Å². The molecule has 0 amide bonds. The van der Waals surface area contributed by atoms with E-state index in [9.17, 15) is 0 Å². The zero-order valence-electron chi connectivity index (χ0n) is 42.5. The molecule has 8 heteroatoms. The van der Waals surface area contributed by atoms with Gasteiger partial charge in [-0.1, -0.05) is 149 Å². The Bertz CT molecular complexity index is 4390. The number of pyridine rings is 2. The van der Waals surface area contributed by atoms with E-state index in [0.29, 0.717) is 0 Å². The van der Waals surface area contributed by atoms with Gasteiger partial charge in [0.1, 0.15) is 22.7 Å². The highest BCUT2D eigenvalue weighted by molar-refractivity contribution is 6.19. The second-order valence-corrected chi connectivity index (χ2v) is 21.1. The van der Waals surface area contributed by atoms with E-state index < -0.39 is 0 Å². The summed E-state index contributed by atoms with van der Waals surface area (Å²) in [5.41, 5.74) is 18.3. The van der Waals surface area contributed by atoms with E-state index in [2.05, 4.69) is 253 Å². The minimum atomic E-state index is -0.255. The SMILES string of the molecule is CC1(C)c2ccccc2N(c2cc(-c3nc4cccnc4n3-c3ccccc3)c3ccc4c(N5c6ccccc6C(C)(C)c6ccccc65)cc(-c5nc6cccnc6n5-c5ccccc5)cc4c3c2)c2ccccc21. The van der Waals surface area contributed by atoms with Gasteiger partial charge >= 0.3 is 0 Å². The van der Waals surface area contributed by atoms with Crippen LogP contribution >= 0.6 is 0 Å². The van der Waals surface area contributed by atoms with Gasteiger partial charge in [0, 0.05) is 56.8 Å². The first-order valence-corrected chi connectivity index (χ1v) is 26.1. The van der Waals surface area contributed by atoms with Gasteiger partial charge in [-0.15, -0.1) is 0 Å². The zero-order chi connectivity index (χ0) is 50.9. The van der Waals surface area contributed by atoms with Crippen LogP contribution in [0.2, 0.25) is 0 Å². The number of hydrogen-bond acceptors (Lipinski definition) is 6. The fraction of sp³-hybridized carbons (Fsp3) is 0.0882. The lowest BCUT2D eigenvalue weighted by molar-refractivity contribution is 0.632. The zero-order valence-corrected chi connectivity index (χ0v) is 42.5. The lowest BCUT2D eigenvalue weighted by atomic mass is 9.73. The van der Waals surface area contributed by atoms with E-state index >= 15 is 0 Å². The van der Waals surface area contributed by atoms with E-state index in [1.807, 2.05) is 24.5 Å². The number of imidazole rings is 2. The van der Waals surface area contributed by atoms with Gasteiger partial charge in [-0.3, -0.25) is 9.13 Å². The fourth-order valence-electron chi connectivity index (χ4n) is 12.6. The molecule has 6 heterocycles. The summed E-state index contributed by atoms with van der Waals surface area (Å²) in [6, 6.07) is 78.8. The van der Waals surface area contributed by atoms with E-state index in [1.165, 1.54) is 22.3 Å². The van der Waals surface area contributed by atoms with Crippen molar-refractivity contribution in [3.8, 4) is 34.2 Å². The number of nitrogens with zero attached hydrogens (tertiary/aromatic N) is 8. The summed E-state index contributed by atoms with van der Waals surface area (Å²) < 4.78 is 4.43. The highest BCUT2D eigenvalue weighted by atomic mass is 15.2. The van der Waals surface area contributed by atoms with Crippen LogP contribution in [0.25, 0.3) is 78.0 Å². The first kappa shape index (κ1) is 43.9. The Kier molecular flexibility index (Phi) is 9.48. The molecule has 0 radical (unpaired) electrons. The number of para-hydroxylation sites is 6. The third kappa shape index (κ3) is 6.37. The average molecular weight is 979 g/mol. The first-order valence-electron chi connectivity index (χ1n) is 26.1. The van der Waals surface area contributed by atoms with E-state index in [0.717, 1.165) is 112 Å². The third-order valence-electron chi connectivity index (χ3n) is 16.2. The lowest BCUT2D eigenvalue weighted by Gasteiger charge is -2.42. The van der Waals surface area contributed by atoms with Gasteiger partial charge in [0.05, 0.1) is 28.4 Å². The Morgan fingerprint density at radius 3 is 1.29 bits per heavy atom. The summed E-state index contributed by atoms with van der Waals surface area (Å²) in [6.45, 7) is 9.38. The van der Waals surface area contributed by atoms with Gasteiger partial charge in [0.2, 0.25) is 0 Å². The van der Waals surface area contributed by atoms with Crippen molar-refractivity contribution in [2.45, 2.75) is 38.5 Å². The van der Waals surface area contributed by atoms with Crippen LogP contribution in [-0.2, 0) is 10.8 Å². The summed E-state index contributed by atoms with van der Waals surface area (Å²) in [6.07, 6.45) is 3.72.